The van der Waals surface area contributed by atoms with Gasteiger partial charge in [0, 0.05) is 43.7 Å². The fraction of sp³-hybridized carbons (Fsp3) is 0.345. The molecule has 8 nitrogen and oxygen atoms in total. The molecule has 38 heavy (non-hydrogen) atoms. The van der Waals surface area contributed by atoms with Crippen LogP contribution in [0.3, 0.4) is 0 Å². The van der Waals surface area contributed by atoms with Gasteiger partial charge < -0.3 is 19.3 Å². The second-order valence-corrected chi connectivity index (χ2v) is 10.3. The summed E-state index contributed by atoms with van der Waals surface area (Å²) < 4.78 is 13.8. The highest BCUT2D eigenvalue weighted by molar-refractivity contribution is 7.22. The zero-order valence-electron chi connectivity index (χ0n) is 21.6. The van der Waals surface area contributed by atoms with Crippen LogP contribution >= 0.6 is 11.3 Å². The van der Waals surface area contributed by atoms with Gasteiger partial charge in [0.1, 0.15) is 16.9 Å². The summed E-state index contributed by atoms with van der Waals surface area (Å²) in [4.78, 5) is 45.3. The summed E-state index contributed by atoms with van der Waals surface area (Å²) in [7, 11) is 2.04. The summed E-state index contributed by atoms with van der Waals surface area (Å²) in [6.45, 7) is 5.66. The zero-order valence-corrected chi connectivity index (χ0v) is 22.5. The predicted octanol–water partition coefficient (Wildman–Crippen LogP) is 3.90. The van der Waals surface area contributed by atoms with Crippen LogP contribution in [-0.4, -0.2) is 79.1 Å². The first-order valence-corrected chi connectivity index (χ1v) is 13.7. The Labute approximate surface area is 225 Å². The van der Waals surface area contributed by atoms with Crippen LogP contribution < -0.4 is 10.3 Å². The summed E-state index contributed by atoms with van der Waals surface area (Å²) >= 11 is 1.29. The van der Waals surface area contributed by atoms with Crippen molar-refractivity contribution in [2.24, 2.45) is 0 Å². The number of amides is 1. The molecule has 5 rings (SSSR count). The molecule has 0 radical (unpaired) electrons. The summed E-state index contributed by atoms with van der Waals surface area (Å²) in [5, 5.41) is 1.14. The minimum atomic E-state index is -0.344. The maximum atomic E-state index is 14.0. The van der Waals surface area contributed by atoms with Crippen molar-refractivity contribution in [1.82, 2.24) is 14.4 Å². The van der Waals surface area contributed by atoms with Crippen LogP contribution in [0.2, 0.25) is 0 Å². The average molecular weight is 534 g/mol. The van der Waals surface area contributed by atoms with Crippen molar-refractivity contribution in [3.05, 3.63) is 75.4 Å². The smallest absolute Gasteiger partial charge is 0.267 e. The van der Waals surface area contributed by atoms with Crippen LogP contribution in [0.15, 0.2) is 59.4 Å². The molecule has 1 aliphatic rings. The van der Waals surface area contributed by atoms with Gasteiger partial charge in [-0.25, -0.2) is 0 Å². The number of carbonyl (C=O) groups excluding carboxylic acids is 2. The van der Waals surface area contributed by atoms with E-state index in [2.05, 4.69) is 4.90 Å². The number of hydrogen-bond acceptors (Lipinski definition) is 7. The van der Waals surface area contributed by atoms with Crippen molar-refractivity contribution in [3.8, 4) is 5.75 Å². The Morgan fingerprint density at radius 3 is 2.39 bits per heavy atom. The molecule has 1 saturated heterocycles. The number of Topliss-reactive ketones (excluding diaryl/α,β-unsaturated/α-hetero) is 1. The number of para-hydroxylation sites is 1. The average Bonchev–Trinajstić information content (AvgIpc) is 3.33. The molecule has 1 aliphatic heterocycles. The van der Waals surface area contributed by atoms with Crippen LogP contribution in [-0.2, 0) is 11.3 Å². The Kier molecular flexibility index (Phi) is 7.87. The largest absolute Gasteiger partial charge is 0.489 e. The molecule has 0 spiro atoms. The number of ether oxygens (including phenoxy) is 2. The highest BCUT2D eigenvalue weighted by Gasteiger charge is 2.30. The molecular formula is C29H31N3O5S. The van der Waals surface area contributed by atoms with Crippen LogP contribution in [0.25, 0.3) is 21.0 Å². The first-order valence-electron chi connectivity index (χ1n) is 12.8. The Balaban J connectivity index is 1.66. The molecule has 0 aliphatic carbocycles. The van der Waals surface area contributed by atoms with Crippen LogP contribution in [0, 0.1) is 0 Å². The quantitative estimate of drug-likeness (QED) is 0.240. The molecule has 0 N–H and O–H groups in total. The molecular weight excluding hydrogens is 502 g/mol. The van der Waals surface area contributed by atoms with Gasteiger partial charge in [-0.05, 0) is 20.0 Å². The van der Waals surface area contributed by atoms with Crippen LogP contribution in [0.1, 0.15) is 27.0 Å². The van der Waals surface area contributed by atoms with E-state index in [1.165, 1.54) is 15.9 Å². The second-order valence-electron chi connectivity index (χ2n) is 9.30. The van der Waals surface area contributed by atoms with Gasteiger partial charge in [-0.2, -0.15) is 0 Å². The zero-order chi connectivity index (χ0) is 26.6. The lowest BCUT2D eigenvalue weighted by Crippen LogP contribution is -2.47. The van der Waals surface area contributed by atoms with Crippen molar-refractivity contribution in [1.29, 1.82) is 0 Å². The van der Waals surface area contributed by atoms with E-state index >= 15 is 0 Å². The molecule has 9 heteroatoms. The number of rotatable bonds is 9. The van der Waals surface area contributed by atoms with Gasteiger partial charge in [-0.3, -0.25) is 19.0 Å². The van der Waals surface area contributed by atoms with E-state index in [1.807, 2.05) is 49.2 Å². The maximum Gasteiger partial charge on any atom is 0.267 e. The van der Waals surface area contributed by atoms with Gasteiger partial charge in [0.2, 0.25) is 0 Å². The van der Waals surface area contributed by atoms with Gasteiger partial charge in [-0.15, -0.1) is 11.3 Å². The predicted molar refractivity (Wildman–Crippen MR) is 150 cm³/mol. The lowest BCUT2D eigenvalue weighted by atomic mass is 10.1. The first kappa shape index (κ1) is 26.1. The second kappa shape index (κ2) is 11.5. The van der Waals surface area contributed by atoms with Gasteiger partial charge >= 0.3 is 0 Å². The van der Waals surface area contributed by atoms with E-state index in [1.54, 1.807) is 24.3 Å². The number of piperazine rings is 1. The Hall–Kier alpha value is -3.53. The fourth-order valence-electron chi connectivity index (χ4n) is 4.74. The topological polar surface area (TPSA) is 81.1 Å². The van der Waals surface area contributed by atoms with E-state index in [9.17, 15) is 14.4 Å². The highest BCUT2D eigenvalue weighted by Crippen LogP contribution is 2.40. The van der Waals surface area contributed by atoms with Crippen molar-refractivity contribution >= 4 is 44.0 Å². The Bertz CT molecular complexity index is 1520. The van der Waals surface area contributed by atoms with Crippen molar-refractivity contribution < 1.29 is 19.1 Å². The third kappa shape index (κ3) is 5.09. The molecule has 0 bridgehead atoms. The monoisotopic (exact) mass is 533 g/mol. The SMILES string of the molecule is CCOCCOc1c(C(=O)N2CCN(C)CC2)sc2c1c(=O)n(CC(=O)c1ccccc1)c1ccccc21. The number of aromatic nitrogens is 1. The van der Waals surface area contributed by atoms with Crippen molar-refractivity contribution in [2.45, 2.75) is 13.5 Å². The molecule has 4 aromatic rings. The van der Waals surface area contributed by atoms with Crippen molar-refractivity contribution in [3.63, 3.8) is 0 Å². The molecule has 2 aromatic carbocycles. The van der Waals surface area contributed by atoms with E-state index in [0.29, 0.717) is 52.3 Å². The summed E-state index contributed by atoms with van der Waals surface area (Å²) in [5.74, 6) is -0.0219. The number of hydrogen-bond donors (Lipinski definition) is 0. The van der Waals surface area contributed by atoms with E-state index in [4.69, 9.17) is 9.47 Å². The summed E-state index contributed by atoms with van der Waals surface area (Å²) in [5.41, 5.74) is 0.839. The van der Waals surface area contributed by atoms with E-state index in [-0.39, 0.29) is 36.2 Å². The van der Waals surface area contributed by atoms with E-state index in [0.717, 1.165) is 18.5 Å². The Morgan fingerprint density at radius 1 is 0.947 bits per heavy atom. The first-order chi connectivity index (χ1) is 18.5. The molecule has 0 unspecified atom stereocenters. The van der Waals surface area contributed by atoms with Crippen LogP contribution in [0.5, 0.6) is 5.75 Å². The third-order valence-electron chi connectivity index (χ3n) is 6.82. The minimum absolute atomic E-state index is 0.116. The highest BCUT2D eigenvalue weighted by atomic mass is 32.1. The molecule has 3 heterocycles. The number of pyridine rings is 1. The van der Waals surface area contributed by atoms with Gasteiger partial charge in [0.15, 0.2) is 11.5 Å². The minimum Gasteiger partial charge on any atom is -0.489 e. The number of carbonyl (C=O) groups is 2. The van der Waals surface area contributed by atoms with Gasteiger partial charge in [0.05, 0.1) is 23.4 Å². The molecule has 1 fully saturated rings. The summed E-state index contributed by atoms with van der Waals surface area (Å²) in [6.07, 6.45) is 0. The van der Waals surface area contributed by atoms with Gasteiger partial charge in [-0.1, -0.05) is 48.5 Å². The molecule has 198 valence electrons. The molecule has 2 aromatic heterocycles. The lowest BCUT2D eigenvalue weighted by Gasteiger charge is -2.32. The van der Waals surface area contributed by atoms with Gasteiger partial charge in [0.25, 0.3) is 11.5 Å². The number of ketones is 1. The number of nitrogens with zero attached hydrogens (tertiary/aromatic N) is 3. The molecule has 0 atom stereocenters. The number of thiophene rings is 1. The van der Waals surface area contributed by atoms with E-state index < -0.39 is 0 Å². The normalized spacial score (nSPS) is 14.3. The lowest BCUT2D eigenvalue weighted by molar-refractivity contribution is 0.0661. The number of fused-ring (bicyclic) bond motifs is 3. The standard InChI is InChI=1S/C29H31N3O5S/c1-3-36-17-18-37-25-24-26(38-27(25)29(35)31-15-13-30(2)14-16-31)21-11-7-8-12-22(21)32(28(24)34)19-23(33)20-9-5-4-6-10-20/h4-12H,3,13-19H2,1-2H3. The third-order valence-corrected chi connectivity index (χ3v) is 8.02. The van der Waals surface area contributed by atoms with Crippen molar-refractivity contribution in [2.75, 3.05) is 53.0 Å². The Morgan fingerprint density at radius 2 is 1.66 bits per heavy atom. The number of likely N-dealkylation sites (N-methyl/N-ethyl adjacent to an activating group) is 1. The summed E-state index contributed by atoms with van der Waals surface area (Å²) in [6, 6.07) is 16.4. The molecule has 1 amide bonds. The van der Waals surface area contributed by atoms with Crippen LogP contribution in [0.4, 0.5) is 0 Å². The fourth-order valence-corrected chi connectivity index (χ4v) is 5.98. The molecule has 0 saturated carbocycles. The number of benzene rings is 2. The maximum absolute atomic E-state index is 14.0.